The number of thioether (sulfide) groups is 1. The van der Waals surface area contributed by atoms with E-state index in [1.165, 1.54) is 17.3 Å². The van der Waals surface area contributed by atoms with E-state index in [2.05, 4.69) is 10.2 Å². The van der Waals surface area contributed by atoms with Crippen LogP contribution in [0.2, 0.25) is 0 Å². The Balaban J connectivity index is 1.85. The highest BCUT2D eigenvalue weighted by atomic mass is 32.2. The van der Waals surface area contributed by atoms with Crippen LogP contribution in [-0.2, 0) is 4.79 Å². The molecule has 1 amide bonds. The summed E-state index contributed by atoms with van der Waals surface area (Å²) in [7, 11) is 3.48. The average molecular weight is 353 g/mol. The summed E-state index contributed by atoms with van der Waals surface area (Å²) in [4.78, 5) is 14.1. The predicted octanol–water partition coefficient (Wildman–Crippen LogP) is 3.97. The predicted molar refractivity (Wildman–Crippen MR) is 98.2 cm³/mol. The third kappa shape index (κ3) is 4.09. The summed E-state index contributed by atoms with van der Waals surface area (Å²) in [6.07, 6.45) is 0. The van der Waals surface area contributed by atoms with E-state index in [0.717, 1.165) is 11.1 Å². The van der Waals surface area contributed by atoms with Gasteiger partial charge >= 0.3 is 0 Å². The molecule has 1 atom stereocenters. The maximum absolute atomic E-state index is 12.6. The van der Waals surface area contributed by atoms with E-state index < -0.39 is 5.25 Å². The highest BCUT2D eigenvalue weighted by Crippen LogP contribution is 2.36. The Kier molecular flexibility index (Phi) is 5.19. The lowest BCUT2D eigenvalue weighted by Crippen LogP contribution is -2.26. The average Bonchev–Trinajstić information content (AvgIpc) is 3.09. The largest absolute Gasteiger partial charge is 0.411 e. The van der Waals surface area contributed by atoms with E-state index in [-0.39, 0.29) is 5.91 Å². The number of rotatable bonds is 5. The Hall–Kier alpha value is -2.60. The fourth-order valence-corrected chi connectivity index (χ4v) is 3.32. The SMILES string of the molecule is Cc1ccc(-c2nnc(SC(C(=O)N(C)C)c3ccccc3)o2)cc1. The number of carbonyl (C=O) groups is 1. The normalized spacial score (nSPS) is 12.0. The molecule has 1 heterocycles. The van der Waals surface area contributed by atoms with Gasteiger partial charge in [-0.1, -0.05) is 48.0 Å². The molecule has 0 bridgehead atoms. The van der Waals surface area contributed by atoms with Crippen molar-refractivity contribution >= 4 is 17.7 Å². The molecule has 0 aliphatic rings. The van der Waals surface area contributed by atoms with Crippen molar-refractivity contribution in [1.82, 2.24) is 15.1 Å². The number of amides is 1. The van der Waals surface area contributed by atoms with Gasteiger partial charge in [-0.15, -0.1) is 10.2 Å². The maximum atomic E-state index is 12.6. The Bertz CT molecular complexity index is 845. The summed E-state index contributed by atoms with van der Waals surface area (Å²) in [5, 5.41) is 8.15. The first-order valence-corrected chi connectivity index (χ1v) is 8.76. The van der Waals surface area contributed by atoms with Gasteiger partial charge in [-0.3, -0.25) is 4.79 Å². The molecule has 0 saturated carbocycles. The van der Waals surface area contributed by atoms with E-state index in [9.17, 15) is 4.79 Å². The Morgan fingerprint density at radius 3 is 2.36 bits per heavy atom. The minimum Gasteiger partial charge on any atom is -0.411 e. The lowest BCUT2D eigenvalue weighted by molar-refractivity contribution is -0.128. The zero-order valence-electron chi connectivity index (χ0n) is 14.3. The van der Waals surface area contributed by atoms with Crippen molar-refractivity contribution in [2.75, 3.05) is 14.1 Å². The third-order valence-electron chi connectivity index (χ3n) is 3.69. The van der Waals surface area contributed by atoms with Gasteiger partial charge in [-0.25, -0.2) is 0 Å². The quantitative estimate of drug-likeness (QED) is 0.650. The Morgan fingerprint density at radius 2 is 1.72 bits per heavy atom. The van der Waals surface area contributed by atoms with Crippen molar-refractivity contribution in [3.8, 4) is 11.5 Å². The monoisotopic (exact) mass is 353 g/mol. The van der Waals surface area contributed by atoms with Gasteiger partial charge in [0.25, 0.3) is 5.22 Å². The smallest absolute Gasteiger partial charge is 0.277 e. The zero-order chi connectivity index (χ0) is 17.8. The van der Waals surface area contributed by atoms with Gasteiger partial charge in [0.15, 0.2) is 0 Å². The second kappa shape index (κ2) is 7.53. The first-order valence-electron chi connectivity index (χ1n) is 7.88. The summed E-state index contributed by atoms with van der Waals surface area (Å²) in [6.45, 7) is 2.02. The van der Waals surface area contributed by atoms with Crippen LogP contribution in [0.5, 0.6) is 0 Å². The highest BCUT2D eigenvalue weighted by molar-refractivity contribution is 8.00. The molecule has 6 heteroatoms. The van der Waals surface area contributed by atoms with Crippen molar-refractivity contribution in [2.24, 2.45) is 0 Å². The molecule has 3 aromatic rings. The summed E-state index contributed by atoms with van der Waals surface area (Å²) in [5.74, 6) is 0.429. The number of benzene rings is 2. The molecule has 128 valence electrons. The van der Waals surface area contributed by atoms with E-state index >= 15 is 0 Å². The van der Waals surface area contributed by atoms with Crippen molar-refractivity contribution in [2.45, 2.75) is 17.4 Å². The fraction of sp³-hybridized carbons (Fsp3) is 0.211. The highest BCUT2D eigenvalue weighted by Gasteiger charge is 2.26. The molecule has 0 aliphatic heterocycles. The van der Waals surface area contributed by atoms with E-state index in [1.54, 1.807) is 19.0 Å². The van der Waals surface area contributed by atoms with Crippen LogP contribution in [-0.4, -0.2) is 35.1 Å². The summed E-state index contributed by atoms with van der Waals surface area (Å²) < 4.78 is 5.76. The molecule has 2 aromatic carbocycles. The molecule has 0 radical (unpaired) electrons. The Labute approximate surface area is 151 Å². The molecule has 5 nitrogen and oxygen atoms in total. The minimum absolute atomic E-state index is 0.0220. The number of likely N-dealkylation sites (N-methyl/N-ethyl adjacent to an activating group) is 1. The lowest BCUT2D eigenvalue weighted by Gasteiger charge is -2.18. The molecule has 1 unspecified atom stereocenters. The second-order valence-corrected chi connectivity index (χ2v) is 6.94. The molecule has 0 saturated heterocycles. The minimum atomic E-state index is -0.428. The molecule has 25 heavy (non-hydrogen) atoms. The van der Waals surface area contributed by atoms with Gasteiger partial charge in [0.2, 0.25) is 11.8 Å². The Morgan fingerprint density at radius 1 is 1.04 bits per heavy atom. The van der Waals surface area contributed by atoms with Crippen LogP contribution >= 0.6 is 11.8 Å². The van der Waals surface area contributed by atoms with Gasteiger partial charge in [0, 0.05) is 19.7 Å². The van der Waals surface area contributed by atoms with Gasteiger partial charge in [-0.05, 0) is 36.4 Å². The lowest BCUT2D eigenvalue weighted by atomic mass is 10.1. The van der Waals surface area contributed by atoms with Crippen LogP contribution in [0.25, 0.3) is 11.5 Å². The number of aromatic nitrogens is 2. The van der Waals surface area contributed by atoms with Gasteiger partial charge < -0.3 is 9.32 Å². The van der Waals surface area contributed by atoms with Crippen molar-refractivity contribution in [3.63, 3.8) is 0 Å². The van der Waals surface area contributed by atoms with Gasteiger partial charge in [0.05, 0.1) is 0 Å². The maximum Gasteiger partial charge on any atom is 0.277 e. The van der Waals surface area contributed by atoms with Gasteiger partial charge in [-0.2, -0.15) is 0 Å². The summed E-state index contributed by atoms with van der Waals surface area (Å²) >= 11 is 1.27. The van der Waals surface area contributed by atoms with Crippen LogP contribution in [0, 0.1) is 6.92 Å². The second-order valence-electron chi connectivity index (χ2n) is 5.88. The number of hydrogen-bond acceptors (Lipinski definition) is 5. The molecule has 1 aromatic heterocycles. The number of carbonyl (C=O) groups excluding carboxylic acids is 1. The summed E-state index contributed by atoms with van der Waals surface area (Å²) in [6, 6.07) is 17.5. The molecular weight excluding hydrogens is 334 g/mol. The van der Waals surface area contributed by atoms with Crippen molar-refractivity contribution in [3.05, 3.63) is 65.7 Å². The van der Waals surface area contributed by atoms with Crippen LogP contribution in [0.3, 0.4) is 0 Å². The van der Waals surface area contributed by atoms with Crippen LogP contribution in [0.4, 0.5) is 0 Å². The number of hydrogen-bond donors (Lipinski definition) is 0. The van der Waals surface area contributed by atoms with Crippen molar-refractivity contribution in [1.29, 1.82) is 0 Å². The van der Waals surface area contributed by atoms with E-state index in [4.69, 9.17) is 4.42 Å². The zero-order valence-corrected chi connectivity index (χ0v) is 15.2. The molecule has 3 rings (SSSR count). The molecule has 0 spiro atoms. The van der Waals surface area contributed by atoms with Crippen LogP contribution in [0.1, 0.15) is 16.4 Å². The first-order chi connectivity index (χ1) is 12.0. The first kappa shape index (κ1) is 17.2. The van der Waals surface area contributed by atoms with Crippen LogP contribution in [0.15, 0.2) is 64.2 Å². The van der Waals surface area contributed by atoms with Crippen molar-refractivity contribution < 1.29 is 9.21 Å². The molecule has 0 N–H and O–H groups in total. The van der Waals surface area contributed by atoms with Gasteiger partial charge in [0.1, 0.15) is 5.25 Å². The van der Waals surface area contributed by atoms with E-state index in [1.807, 2.05) is 61.5 Å². The van der Waals surface area contributed by atoms with Crippen LogP contribution < -0.4 is 0 Å². The topological polar surface area (TPSA) is 59.2 Å². The molecular formula is C19H19N3O2S. The standard InChI is InChI=1S/C19H19N3O2S/c1-13-9-11-15(12-10-13)17-20-21-19(24-17)25-16(18(23)22(2)3)14-7-5-4-6-8-14/h4-12,16H,1-3H3. The third-order valence-corrected chi connectivity index (χ3v) is 4.77. The molecule has 0 aliphatic carbocycles. The number of aryl methyl sites for hydroxylation is 1. The number of nitrogens with zero attached hydrogens (tertiary/aromatic N) is 3. The fourth-order valence-electron chi connectivity index (χ4n) is 2.29. The summed E-state index contributed by atoms with van der Waals surface area (Å²) in [5.41, 5.74) is 2.93. The van der Waals surface area contributed by atoms with E-state index in [0.29, 0.717) is 11.1 Å². The molecule has 0 fully saturated rings.